The highest BCUT2D eigenvalue weighted by Crippen LogP contribution is 2.28. The Morgan fingerprint density at radius 2 is 1.57 bits per heavy atom. The second kappa shape index (κ2) is 15.8. The summed E-state index contributed by atoms with van der Waals surface area (Å²) in [6, 6.07) is 28.4. The van der Waals surface area contributed by atoms with Crippen LogP contribution in [0.25, 0.3) is 0 Å². The molecule has 2 atom stereocenters. The van der Waals surface area contributed by atoms with Crippen molar-refractivity contribution in [3.05, 3.63) is 125 Å². The first kappa shape index (κ1) is 34.5. The van der Waals surface area contributed by atoms with Crippen LogP contribution in [-0.2, 0) is 32.6 Å². The van der Waals surface area contributed by atoms with Gasteiger partial charge in [-0.2, -0.15) is 0 Å². The fraction of sp³-hybridized carbons (Fsp3) is 0.278. The molecule has 0 saturated carbocycles. The number of rotatable bonds is 14. The number of sulfonamides is 1. The highest BCUT2D eigenvalue weighted by Gasteiger charge is 2.35. The first-order chi connectivity index (χ1) is 22.0. The van der Waals surface area contributed by atoms with Crippen LogP contribution in [0.15, 0.2) is 108 Å². The average molecular weight is 662 g/mol. The van der Waals surface area contributed by atoms with Gasteiger partial charge >= 0.3 is 0 Å². The van der Waals surface area contributed by atoms with E-state index in [-0.39, 0.29) is 35.5 Å². The quantitative estimate of drug-likeness (QED) is 0.169. The Morgan fingerprint density at radius 1 is 0.891 bits per heavy atom. The zero-order chi connectivity index (χ0) is 33.3. The summed E-state index contributed by atoms with van der Waals surface area (Å²) in [5.74, 6) is -0.366. The van der Waals surface area contributed by atoms with E-state index in [0.717, 1.165) is 21.0 Å². The van der Waals surface area contributed by atoms with Crippen LogP contribution < -0.4 is 14.4 Å². The zero-order valence-corrected chi connectivity index (χ0v) is 28.1. The second-order valence-electron chi connectivity index (χ2n) is 11.2. The van der Waals surface area contributed by atoms with Gasteiger partial charge in [0, 0.05) is 24.0 Å². The number of aryl methyl sites for hydroxylation is 1. The predicted molar refractivity (Wildman–Crippen MR) is 183 cm³/mol. The van der Waals surface area contributed by atoms with Crippen LogP contribution in [0.2, 0.25) is 5.02 Å². The van der Waals surface area contributed by atoms with Crippen molar-refractivity contribution in [1.82, 2.24) is 10.2 Å². The van der Waals surface area contributed by atoms with Gasteiger partial charge in [0.25, 0.3) is 10.0 Å². The molecule has 0 aliphatic carbocycles. The number of benzene rings is 4. The Hall–Kier alpha value is -4.34. The third-order valence-corrected chi connectivity index (χ3v) is 9.75. The van der Waals surface area contributed by atoms with Crippen LogP contribution in [0.3, 0.4) is 0 Å². The van der Waals surface area contributed by atoms with Gasteiger partial charge in [0.05, 0.1) is 17.7 Å². The molecule has 0 aromatic heterocycles. The molecular weight excluding hydrogens is 622 g/mol. The molecule has 46 heavy (non-hydrogen) atoms. The van der Waals surface area contributed by atoms with Crippen molar-refractivity contribution in [3.8, 4) is 5.75 Å². The molecule has 4 aromatic carbocycles. The molecule has 2 unspecified atom stereocenters. The van der Waals surface area contributed by atoms with E-state index in [4.69, 9.17) is 16.3 Å². The van der Waals surface area contributed by atoms with Gasteiger partial charge in [-0.3, -0.25) is 13.9 Å². The SMILES string of the molecule is CCC(C)NC(=O)C(Cc1ccccc1)N(Cc1cccc(C)c1)C(=O)CN(c1cccc(Cl)c1)S(=O)(=O)c1ccc(OC)cc1. The van der Waals surface area contributed by atoms with Gasteiger partial charge in [0.1, 0.15) is 18.3 Å². The van der Waals surface area contributed by atoms with Gasteiger partial charge in [-0.05, 0) is 73.9 Å². The van der Waals surface area contributed by atoms with Crippen molar-refractivity contribution < 1.29 is 22.7 Å². The number of halogens is 1. The third-order valence-electron chi connectivity index (χ3n) is 7.73. The van der Waals surface area contributed by atoms with E-state index in [1.54, 1.807) is 30.3 Å². The number of ether oxygens (including phenoxy) is 1. The zero-order valence-electron chi connectivity index (χ0n) is 26.5. The molecule has 0 aliphatic rings. The maximum Gasteiger partial charge on any atom is 0.264 e. The lowest BCUT2D eigenvalue weighted by molar-refractivity contribution is -0.140. The van der Waals surface area contributed by atoms with Crippen LogP contribution in [0.4, 0.5) is 5.69 Å². The molecule has 0 heterocycles. The Balaban J connectivity index is 1.81. The Labute approximate surface area is 277 Å². The van der Waals surface area contributed by atoms with E-state index in [1.165, 1.54) is 30.2 Å². The molecule has 1 N–H and O–H groups in total. The first-order valence-corrected chi connectivity index (χ1v) is 16.9. The maximum absolute atomic E-state index is 14.6. The Bertz CT molecular complexity index is 1730. The lowest BCUT2D eigenvalue weighted by atomic mass is 10.0. The van der Waals surface area contributed by atoms with E-state index in [9.17, 15) is 18.0 Å². The summed E-state index contributed by atoms with van der Waals surface area (Å²) in [7, 11) is -2.77. The molecule has 4 rings (SSSR count). The Morgan fingerprint density at radius 3 is 2.20 bits per heavy atom. The lowest BCUT2D eigenvalue weighted by Gasteiger charge is -2.34. The minimum absolute atomic E-state index is 0.0262. The van der Waals surface area contributed by atoms with E-state index in [2.05, 4.69) is 5.32 Å². The molecule has 10 heteroatoms. The van der Waals surface area contributed by atoms with E-state index >= 15 is 0 Å². The normalized spacial score (nSPS) is 12.5. The molecule has 242 valence electrons. The molecule has 2 amide bonds. The van der Waals surface area contributed by atoms with Crippen molar-refractivity contribution in [2.24, 2.45) is 0 Å². The topological polar surface area (TPSA) is 96.0 Å². The summed E-state index contributed by atoms with van der Waals surface area (Å²) in [5, 5.41) is 3.36. The number of hydrogen-bond acceptors (Lipinski definition) is 5. The number of nitrogens with one attached hydrogen (secondary N) is 1. The summed E-state index contributed by atoms with van der Waals surface area (Å²) in [6.45, 7) is 5.36. The molecule has 0 spiro atoms. The number of carbonyl (C=O) groups excluding carboxylic acids is 2. The molecular formula is C36H40ClN3O5S. The number of carbonyl (C=O) groups is 2. The maximum atomic E-state index is 14.6. The highest BCUT2D eigenvalue weighted by atomic mass is 35.5. The van der Waals surface area contributed by atoms with Crippen molar-refractivity contribution >= 4 is 39.1 Å². The van der Waals surface area contributed by atoms with E-state index in [1.807, 2.05) is 75.4 Å². The Kier molecular flexibility index (Phi) is 11.8. The number of anilines is 1. The molecule has 0 radical (unpaired) electrons. The van der Waals surface area contributed by atoms with E-state index < -0.39 is 28.5 Å². The summed E-state index contributed by atoms with van der Waals surface area (Å²) in [5.41, 5.74) is 2.90. The molecule has 0 fully saturated rings. The first-order valence-electron chi connectivity index (χ1n) is 15.1. The largest absolute Gasteiger partial charge is 0.497 e. The van der Waals surface area contributed by atoms with Crippen LogP contribution in [0.1, 0.15) is 37.0 Å². The molecule has 0 aliphatic heterocycles. The van der Waals surface area contributed by atoms with E-state index in [0.29, 0.717) is 17.2 Å². The lowest BCUT2D eigenvalue weighted by Crippen LogP contribution is -2.54. The highest BCUT2D eigenvalue weighted by molar-refractivity contribution is 7.92. The van der Waals surface area contributed by atoms with Gasteiger partial charge in [-0.1, -0.05) is 84.8 Å². The van der Waals surface area contributed by atoms with Gasteiger partial charge in [0.2, 0.25) is 11.8 Å². The molecule has 8 nitrogen and oxygen atoms in total. The summed E-state index contributed by atoms with van der Waals surface area (Å²) >= 11 is 6.30. The number of amides is 2. The van der Waals surface area contributed by atoms with Gasteiger partial charge < -0.3 is 15.0 Å². The fourth-order valence-electron chi connectivity index (χ4n) is 5.04. The minimum Gasteiger partial charge on any atom is -0.497 e. The second-order valence-corrected chi connectivity index (χ2v) is 13.5. The number of hydrogen-bond donors (Lipinski definition) is 1. The number of methoxy groups -OCH3 is 1. The predicted octanol–water partition coefficient (Wildman–Crippen LogP) is 6.41. The van der Waals surface area contributed by atoms with Crippen molar-refractivity contribution in [1.29, 1.82) is 0 Å². The van der Waals surface area contributed by atoms with Gasteiger partial charge in [-0.15, -0.1) is 0 Å². The van der Waals surface area contributed by atoms with Crippen molar-refractivity contribution in [2.45, 2.75) is 57.1 Å². The third kappa shape index (κ3) is 8.89. The van der Waals surface area contributed by atoms with Gasteiger partial charge in [-0.25, -0.2) is 8.42 Å². The van der Waals surface area contributed by atoms with Crippen LogP contribution >= 0.6 is 11.6 Å². The van der Waals surface area contributed by atoms with Crippen LogP contribution in [0.5, 0.6) is 5.75 Å². The molecule has 4 aromatic rings. The fourth-order valence-corrected chi connectivity index (χ4v) is 6.63. The molecule has 0 saturated heterocycles. The van der Waals surface area contributed by atoms with Crippen molar-refractivity contribution in [3.63, 3.8) is 0 Å². The standard InChI is InChI=1S/C36H40ClN3O5S/c1-5-27(3)38-36(42)34(22-28-12-7-6-8-13-28)39(24-29-14-9-11-26(2)21-29)35(41)25-40(31-16-10-15-30(37)23-31)46(43,44)33-19-17-32(45-4)18-20-33/h6-21,23,27,34H,5,22,24-25H2,1-4H3,(H,38,42). The smallest absolute Gasteiger partial charge is 0.264 e. The average Bonchev–Trinajstić information content (AvgIpc) is 3.05. The monoisotopic (exact) mass is 661 g/mol. The summed E-state index contributed by atoms with van der Waals surface area (Å²) in [6.07, 6.45) is 0.946. The summed E-state index contributed by atoms with van der Waals surface area (Å²) < 4.78 is 34.6. The molecule has 0 bridgehead atoms. The van der Waals surface area contributed by atoms with Crippen molar-refractivity contribution in [2.75, 3.05) is 18.0 Å². The number of nitrogens with zero attached hydrogens (tertiary/aromatic N) is 2. The summed E-state index contributed by atoms with van der Waals surface area (Å²) in [4.78, 5) is 30.0. The van der Waals surface area contributed by atoms with Gasteiger partial charge in [0.15, 0.2) is 0 Å². The minimum atomic E-state index is -4.26. The van der Waals surface area contributed by atoms with Crippen LogP contribution in [0, 0.1) is 6.92 Å². The van der Waals surface area contributed by atoms with Crippen LogP contribution in [-0.4, -0.2) is 50.9 Å².